The second-order valence-corrected chi connectivity index (χ2v) is 11.0. The average molecular weight is 510 g/mol. The van der Waals surface area contributed by atoms with Crippen molar-refractivity contribution in [2.45, 2.75) is 54.2 Å². The number of rotatable bonds is 12. The van der Waals surface area contributed by atoms with Crippen LogP contribution in [0.5, 0.6) is 0 Å². The summed E-state index contributed by atoms with van der Waals surface area (Å²) in [5, 5.41) is 11.9. The van der Waals surface area contributed by atoms with Crippen LogP contribution in [0.3, 0.4) is 0 Å². The Morgan fingerprint density at radius 1 is 1.24 bits per heavy atom. The van der Waals surface area contributed by atoms with Crippen molar-refractivity contribution in [2.24, 2.45) is 0 Å². The van der Waals surface area contributed by atoms with Crippen molar-refractivity contribution in [1.82, 2.24) is 15.0 Å². The number of epoxide rings is 1. The van der Waals surface area contributed by atoms with E-state index in [0.29, 0.717) is 11.5 Å². The van der Waals surface area contributed by atoms with Crippen molar-refractivity contribution in [2.75, 3.05) is 5.75 Å². The quantitative estimate of drug-likeness (QED) is 0.369. The van der Waals surface area contributed by atoms with Crippen molar-refractivity contribution in [1.29, 1.82) is 0 Å². The van der Waals surface area contributed by atoms with E-state index < -0.39 is 34.0 Å². The molecular weight excluding hydrogens is 485 g/mol. The fraction of sp³-hybridized carbons (Fsp3) is 0.409. The van der Waals surface area contributed by atoms with Gasteiger partial charge in [-0.15, -0.1) is 0 Å². The van der Waals surface area contributed by atoms with E-state index in [-0.39, 0.29) is 34.8 Å². The van der Waals surface area contributed by atoms with Gasteiger partial charge in [0.1, 0.15) is 16.8 Å². The van der Waals surface area contributed by atoms with Gasteiger partial charge in [0.25, 0.3) is 5.91 Å². The van der Waals surface area contributed by atoms with Crippen molar-refractivity contribution in [3.8, 4) is 0 Å². The third-order valence-corrected chi connectivity index (χ3v) is 7.97. The van der Waals surface area contributed by atoms with Crippen LogP contribution in [-0.4, -0.2) is 60.4 Å². The molecule has 0 radical (unpaired) electrons. The summed E-state index contributed by atoms with van der Waals surface area (Å²) in [5.41, 5.74) is 0.967. The van der Waals surface area contributed by atoms with Crippen LogP contribution in [0.2, 0.25) is 0 Å². The predicted octanol–water partition coefficient (Wildman–Crippen LogP) is 1.94. The first-order valence-electron chi connectivity index (χ1n) is 10.7. The highest BCUT2D eigenvalue weighted by atomic mass is 32.2. The Morgan fingerprint density at radius 3 is 2.65 bits per heavy atom. The fourth-order valence-corrected chi connectivity index (χ4v) is 5.72. The third kappa shape index (κ3) is 6.75. The van der Waals surface area contributed by atoms with E-state index in [1.807, 2.05) is 0 Å². The van der Waals surface area contributed by atoms with E-state index in [2.05, 4.69) is 15.0 Å². The molecule has 2 heterocycles. The highest BCUT2D eigenvalue weighted by Crippen LogP contribution is 2.31. The maximum Gasteiger partial charge on any atom is 0.305 e. The fourth-order valence-electron chi connectivity index (χ4n) is 3.39. The molecule has 1 saturated heterocycles. The number of benzene rings is 1. The van der Waals surface area contributed by atoms with E-state index >= 15 is 0 Å². The minimum atomic E-state index is -3.78. The lowest BCUT2D eigenvalue weighted by Gasteiger charge is -2.15. The molecule has 4 rings (SSSR count). The molecule has 1 aliphatic heterocycles. The number of hydrogen-bond donors (Lipinski definition) is 3. The Balaban J connectivity index is 1.34. The topological polar surface area (TPSA) is 138 Å². The summed E-state index contributed by atoms with van der Waals surface area (Å²) < 4.78 is 46.0. The maximum atomic E-state index is 13.0. The van der Waals surface area contributed by atoms with Gasteiger partial charge < -0.3 is 15.2 Å². The highest BCUT2D eigenvalue weighted by molar-refractivity contribution is 7.98. The molecule has 1 aromatic carbocycles. The Bertz CT molecular complexity index is 1160. The maximum absolute atomic E-state index is 13.0. The van der Waals surface area contributed by atoms with E-state index in [0.717, 1.165) is 24.6 Å². The molecule has 34 heavy (non-hydrogen) atoms. The zero-order chi connectivity index (χ0) is 24.3. The predicted molar refractivity (Wildman–Crippen MR) is 122 cm³/mol. The second-order valence-electron chi connectivity index (χ2n) is 8.26. The van der Waals surface area contributed by atoms with E-state index in [4.69, 9.17) is 4.74 Å². The molecule has 1 amide bonds. The SMILES string of the molecule is O=C(O)C[C@H](NC(=O)c1cncc(S(=O)(=O)NC2CC2)c1)C1OC1CSCc1ccc(F)cc1. The number of aromatic nitrogens is 1. The molecular formula is C22H24FN3O6S2. The van der Waals surface area contributed by atoms with Crippen LogP contribution < -0.4 is 10.0 Å². The summed E-state index contributed by atoms with van der Waals surface area (Å²) in [7, 11) is -3.78. The summed E-state index contributed by atoms with van der Waals surface area (Å²) in [6.45, 7) is 0. The lowest BCUT2D eigenvalue weighted by Crippen LogP contribution is -2.41. The van der Waals surface area contributed by atoms with Gasteiger partial charge in [-0.25, -0.2) is 17.5 Å². The number of carboxylic acid groups (broad SMARTS) is 1. The van der Waals surface area contributed by atoms with Gasteiger partial charge in [-0.2, -0.15) is 11.8 Å². The number of aliphatic carboxylic acids is 1. The first kappa shape index (κ1) is 24.6. The molecule has 2 aromatic rings. The van der Waals surface area contributed by atoms with Crippen LogP contribution in [0.1, 0.15) is 35.2 Å². The van der Waals surface area contributed by atoms with Gasteiger partial charge in [0, 0.05) is 29.9 Å². The molecule has 1 saturated carbocycles. The standard InChI is InChI=1S/C22H24FN3O6S2/c23-15-3-1-13(2-4-15)11-33-12-19-21(32-19)18(8-20(27)28)25-22(29)14-7-17(10-24-9-14)34(30,31)26-16-5-6-16/h1-4,7,9-10,16,18-19,21,26H,5-6,8,11-12H2,(H,25,29)(H,27,28)/t18-,19?,21?/m0/s1. The van der Waals surface area contributed by atoms with Crippen LogP contribution >= 0.6 is 11.8 Å². The Hall–Kier alpha value is -2.54. The van der Waals surface area contributed by atoms with Crippen LogP contribution in [0.15, 0.2) is 47.6 Å². The molecule has 2 aliphatic rings. The summed E-state index contributed by atoms with van der Waals surface area (Å²) in [6, 6.07) is 6.52. The number of amides is 1. The number of pyridine rings is 1. The number of sulfonamides is 1. The monoisotopic (exact) mass is 509 g/mol. The lowest BCUT2D eigenvalue weighted by atomic mass is 10.1. The van der Waals surface area contributed by atoms with Gasteiger partial charge in [-0.3, -0.25) is 14.6 Å². The van der Waals surface area contributed by atoms with Gasteiger partial charge in [0.15, 0.2) is 0 Å². The molecule has 3 atom stereocenters. The number of hydrogen-bond acceptors (Lipinski definition) is 7. The van der Waals surface area contributed by atoms with Crippen molar-refractivity contribution in [3.63, 3.8) is 0 Å². The molecule has 12 heteroatoms. The Kier molecular flexibility index (Phi) is 7.51. The van der Waals surface area contributed by atoms with E-state index in [1.165, 1.54) is 24.4 Å². The number of nitrogens with zero attached hydrogens (tertiary/aromatic N) is 1. The number of nitrogens with one attached hydrogen (secondary N) is 2. The molecule has 182 valence electrons. The first-order valence-corrected chi connectivity index (χ1v) is 13.3. The van der Waals surface area contributed by atoms with E-state index in [9.17, 15) is 27.5 Å². The second kappa shape index (κ2) is 10.4. The number of halogens is 1. The summed E-state index contributed by atoms with van der Waals surface area (Å²) >= 11 is 1.56. The molecule has 2 fully saturated rings. The minimum Gasteiger partial charge on any atom is -0.481 e. The molecule has 2 unspecified atom stereocenters. The summed E-state index contributed by atoms with van der Waals surface area (Å²) in [5.74, 6) is -0.804. The van der Waals surface area contributed by atoms with Crippen molar-refractivity contribution in [3.05, 3.63) is 59.7 Å². The van der Waals surface area contributed by atoms with Crippen molar-refractivity contribution >= 4 is 33.7 Å². The number of ether oxygens (including phenoxy) is 1. The lowest BCUT2D eigenvalue weighted by molar-refractivity contribution is -0.137. The molecule has 1 aliphatic carbocycles. The zero-order valence-corrected chi connectivity index (χ0v) is 19.6. The van der Waals surface area contributed by atoms with Crippen LogP contribution in [0.4, 0.5) is 4.39 Å². The van der Waals surface area contributed by atoms with Crippen LogP contribution in [-0.2, 0) is 25.3 Å². The third-order valence-electron chi connectivity index (χ3n) is 5.38. The molecule has 0 bridgehead atoms. The van der Waals surface area contributed by atoms with Gasteiger partial charge in [-0.1, -0.05) is 12.1 Å². The average Bonchev–Trinajstić information content (AvgIpc) is 3.71. The Labute approximate surface area is 200 Å². The van der Waals surface area contributed by atoms with Gasteiger partial charge in [0.2, 0.25) is 10.0 Å². The minimum absolute atomic E-state index is 0.0111. The number of carbonyl (C=O) groups is 2. The largest absolute Gasteiger partial charge is 0.481 e. The van der Waals surface area contributed by atoms with Gasteiger partial charge in [0.05, 0.1) is 24.1 Å². The number of thioether (sulfide) groups is 1. The van der Waals surface area contributed by atoms with Gasteiger partial charge >= 0.3 is 5.97 Å². The molecule has 1 aromatic heterocycles. The van der Waals surface area contributed by atoms with Crippen LogP contribution in [0.25, 0.3) is 0 Å². The molecule has 0 spiro atoms. The van der Waals surface area contributed by atoms with Crippen LogP contribution in [0, 0.1) is 5.82 Å². The van der Waals surface area contributed by atoms with Gasteiger partial charge in [-0.05, 0) is 36.6 Å². The molecule has 3 N–H and O–H groups in total. The number of carboxylic acids is 1. The zero-order valence-electron chi connectivity index (χ0n) is 18.0. The summed E-state index contributed by atoms with van der Waals surface area (Å²) in [4.78, 5) is 27.8. The first-order chi connectivity index (χ1) is 16.2. The highest BCUT2D eigenvalue weighted by Gasteiger charge is 2.46. The Morgan fingerprint density at radius 2 is 1.97 bits per heavy atom. The summed E-state index contributed by atoms with van der Waals surface area (Å²) in [6.07, 6.45) is 2.88. The molecule has 9 nitrogen and oxygen atoms in total. The number of carbonyl (C=O) groups excluding carboxylic acids is 1. The van der Waals surface area contributed by atoms with Crippen molar-refractivity contribution < 1.29 is 32.2 Å². The smallest absolute Gasteiger partial charge is 0.305 e. The normalized spacial score (nSPS) is 20.5. The van der Waals surface area contributed by atoms with E-state index in [1.54, 1.807) is 23.9 Å².